The molecular formula is C17H35N3O7. The Hall–Kier alpha value is -0.400. The van der Waals surface area contributed by atoms with E-state index in [2.05, 4.69) is 10.6 Å². The van der Waals surface area contributed by atoms with Gasteiger partial charge in [0.2, 0.25) is 0 Å². The molecule has 0 bridgehead atoms. The van der Waals surface area contributed by atoms with Gasteiger partial charge < -0.3 is 51.4 Å². The zero-order chi connectivity index (χ0) is 20.4. The first-order chi connectivity index (χ1) is 12.7. The van der Waals surface area contributed by atoms with Crippen molar-refractivity contribution in [1.29, 1.82) is 0 Å². The van der Waals surface area contributed by atoms with Gasteiger partial charge in [0.25, 0.3) is 0 Å². The number of hydrogen-bond acceptors (Lipinski definition) is 10. The van der Waals surface area contributed by atoms with E-state index in [0.29, 0.717) is 6.42 Å². The highest BCUT2D eigenvalue weighted by atomic mass is 16.7. The third-order valence-electron chi connectivity index (χ3n) is 5.80. The number of rotatable bonds is 7. The minimum Gasteiger partial charge on any atom is -0.395 e. The van der Waals surface area contributed by atoms with Crippen LogP contribution in [0.2, 0.25) is 0 Å². The summed E-state index contributed by atoms with van der Waals surface area (Å²) >= 11 is 0. The molecule has 1 aliphatic carbocycles. The molecule has 2 rings (SSSR count). The van der Waals surface area contributed by atoms with Crippen molar-refractivity contribution in [1.82, 2.24) is 10.6 Å². The Balaban J connectivity index is 2.16. The first kappa shape index (κ1) is 22.9. The van der Waals surface area contributed by atoms with Crippen LogP contribution in [0.1, 0.15) is 20.3 Å². The Morgan fingerprint density at radius 2 is 1.89 bits per heavy atom. The highest BCUT2D eigenvalue weighted by Gasteiger charge is 2.49. The van der Waals surface area contributed by atoms with Crippen molar-refractivity contribution in [3.05, 3.63) is 0 Å². The second-order valence-electron chi connectivity index (χ2n) is 7.98. The fourth-order valence-corrected chi connectivity index (χ4v) is 3.96. The molecule has 1 aliphatic heterocycles. The number of hydrogen-bond donors (Lipinski definition) is 8. The van der Waals surface area contributed by atoms with Gasteiger partial charge >= 0.3 is 0 Å². The summed E-state index contributed by atoms with van der Waals surface area (Å²) in [7, 11) is 1.62. The van der Waals surface area contributed by atoms with Gasteiger partial charge in [0.1, 0.15) is 17.8 Å². The van der Waals surface area contributed by atoms with Crippen LogP contribution in [-0.4, -0.2) is 107 Å². The molecule has 10 heteroatoms. The molecule has 0 aromatic carbocycles. The highest BCUT2D eigenvalue weighted by molar-refractivity contribution is 5.01. The van der Waals surface area contributed by atoms with Crippen molar-refractivity contribution in [3.63, 3.8) is 0 Å². The number of nitrogens with two attached hydrogens (primary N) is 1. The fourth-order valence-electron chi connectivity index (χ4n) is 3.96. The summed E-state index contributed by atoms with van der Waals surface area (Å²) in [5, 5.41) is 56.3. The predicted molar refractivity (Wildman–Crippen MR) is 96.7 cm³/mol. The summed E-state index contributed by atoms with van der Waals surface area (Å²) in [5.41, 5.74) is 4.84. The third kappa shape index (κ3) is 4.96. The van der Waals surface area contributed by atoms with E-state index in [1.807, 2.05) is 6.92 Å². The van der Waals surface area contributed by atoms with Gasteiger partial charge in [-0.1, -0.05) is 6.92 Å². The molecule has 1 heterocycles. The molecule has 9 N–H and O–H groups in total. The van der Waals surface area contributed by atoms with Crippen molar-refractivity contribution >= 4 is 0 Å². The average molecular weight is 393 g/mol. The van der Waals surface area contributed by atoms with Crippen LogP contribution in [0.15, 0.2) is 0 Å². The van der Waals surface area contributed by atoms with Crippen LogP contribution in [0, 0.1) is 5.92 Å². The smallest absolute Gasteiger partial charge is 0.185 e. The molecule has 0 radical (unpaired) electrons. The molecule has 0 amide bonds. The molecule has 0 aromatic heterocycles. The Morgan fingerprint density at radius 3 is 2.44 bits per heavy atom. The predicted octanol–water partition coefficient (Wildman–Crippen LogP) is -3.53. The maximum absolute atomic E-state index is 10.7. The summed E-state index contributed by atoms with van der Waals surface area (Å²) in [6.45, 7) is 2.76. The van der Waals surface area contributed by atoms with E-state index in [-0.39, 0.29) is 31.8 Å². The van der Waals surface area contributed by atoms with Crippen LogP contribution < -0.4 is 16.4 Å². The van der Waals surface area contributed by atoms with Gasteiger partial charge in [-0.25, -0.2) is 0 Å². The van der Waals surface area contributed by atoms with E-state index in [1.165, 1.54) is 0 Å². The standard InChI is InChI=1S/C17H35N3O7/c1-8-10(18)4-11(20-9(5-21)6-22)14(12(8)23)27-16-13(24)15(19-3)17(2,25)7-26-16/h8-16,19-25H,4-7,18H2,1-3H3/t8?,10-,11+,12-,13+,14-,15+,16+,17-/m0/s1. The topological polar surface area (TPSA) is 170 Å². The van der Waals surface area contributed by atoms with Crippen molar-refractivity contribution in [2.45, 2.75) is 74.6 Å². The summed E-state index contributed by atoms with van der Waals surface area (Å²) < 4.78 is 11.5. The Kier molecular flexibility index (Phi) is 7.97. The number of aliphatic hydroxyl groups excluding tert-OH is 4. The highest BCUT2D eigenvalue weighted by Crippen LogP contribution is 2.31. The molecule has 0 spiro atoms. The van der Waals surface area contributed by atoms with E-state index in [9.17, 15) is 25.5 Å². The van der Waals surface area contributed by atoms with Gasteiger partial charge in [-0.3, -0.25) is 0 Å². The van der Waals surface area contributed by atoms with Crippen LogP contribution in [0.25, 0.3) is 0 Å². The largest absolute Gasteiger partial charge is 0.395 e. The molecule has 1 saturated heterocycles. The van der Waals surface area contributed by atoms with E-state index >= 15 is 0 Å². The lowest BCUT2D eigenvalue weighted by Crippen LogP contribution is -2.68. The summed E-state index contributed by atoms with van der Waals surface area (Å²) in [6, 6.07) is -2.01. The van der Waals surface area contributed by atoms with E-state index in [1.54, 1.807) is 14.0 Å². The van der Waals surface area contributed by atoms with Gasteiger partial charge in [0.15, 0.2) is 6.29 Å². The number of nitrogens with one attached hydrogen (secondary N) is 2. The summed E-state index contributed by atoms with van der Waals surface area (Å²) in [5.74, 6) is -0.251. The quantitative estimate of drug-likeness (QED) is 0.217. The number of ether oxygens (including phenoxy) is 2. The lowest BCUT2D eigenvalue weighted by molar-refractivity contribution is -0.295. The van der Waals surface area contributed by atoms with E-state index < -0.39 is 48.3 Å². The van der Waals surface area contributed by atoms with E-state index in [0.717, 1.165) is 0 Å². The van der Waals surface area contributed by atoms with Crippen LogP contribution in [0.4, 0.5) is 0 Å². The molecule has 160 valence electrons. The van der Waals surface area contributed by atoms with Gasteiger partial charge in [-0.05, 0) is 26.3 Å². The average Bonchev–Trinajstić information content (AvgIpc) is 2.62. The monoisotopic (exact) mass is 393 g/mol. The zero-order valence-electron chi connectivity index (χ0n) is 16.2. The molecule has 0 aromatic rings. The molecule has 9 atom stereocenters. The number of aliphatic hydroxyl groups is 5. The Labute approximate surface area is 159 Å². The van der Waals surface area contributed by atoms with Gasteiger partial charge in [0.05, 0.1) is 38.0 Å². The SMILES string of the molecule is CN[C@@H]1[C@@H](O)[C@@H](O[C@H]2[C@H](NC(CO)CO)C[C@H](N)C(C)[C@@H]2O)OC[C@]1(C)O. The molecule has 1 saturated carbocycles. The van der Waals surface area contributed by atoms with Crippen molar-refractivity contribution < 1.29 is 35.0 Å². The molecule has 2 aliphatic rings. The first-order valence-corrected chi connectivity index (χ1v) is 9.42. The van der Waals surface area contributed by atoms with Gasteiger partial charge in [0, 0.05) is 12.1 Å². The third-order valence-corrected chi connectivity index (χ3v) is 5.80. The van der Waals surface area contributed by atoms with Crippen molar-refractivity contribution in [3.8, 4) is 0 Å². The van der Waals surface area contributed by atoms with Gasteiger partial charge in [-0.2, -0.15) is 0 Å². The zero-order valence-corrected chi connectivity index (χ0v) is 16.2. The Morgan fingerprint density at radius 1 is 1.26 bits per heavy atom. The second kappa shape index (κ2) is 9.40. The van der Waals surface area contributed by atoms with Crippen LogP contribution in [0.5, 0.6) is 0 Å². The maximum Gasteiger partial charge on any atom is 0.185 e. The molecular weight excluding hydrogens is 358 g/mol. The second-order valence-corrected chi connectivity index (χ2v) is 7.98. The van der Waals surface area contributed by atoms with Crippen molar-refractivity contribution in [2.24, 2.45) is 11.7 Å². The van der Waals surface area contributed by atoms with Gasteiger partial charge in [-0.15, -0.1) is 0 Å². The molecule has 2 fully saturated rings. The van der Waals surface area contributed by atoms with Crippen molar-refractivity contribution in [2.75, 3.05) is 26.9 Å². The van der Waals surface area contributed by atoms with Crippen LogP contribution >= 0.6 is 0 Å². The molecule has 1 unspecified atom stereocenters. The summed E-state index contributed by atoms with van der Waals surface area (Å²) in [6.07, 6.45) is -3.48. The maximum atomic E-state index is 10.7. The van der Waals surface area contributed by atoms with Crippen LogP contribution in [-0.2, 0) is 9.47 Å². The summed E-state index contributed by atoms with van der Waals surface area (Å²) in [4.78, 5) is 0. The normalized spacial score (nSPS) is 46.0. The van der Waals surface area contributed by atoms with E-state index in [4.69, 9.17) is 15.2 Å². The first-order valence-electron chi connectivity index (χ1n) is 9.42. The minimum absolute atomic E-state index is 0.0495. The molecule has 27 heavy (non-hydrogen) atoms. The minimum atomic E-state index is -1.27. The fraction of sp³-hybridized carbons (Fsp3) is 1.00. The number of likely N-dealkylation sites (N-methyl/N-ethyl adjacent to an activating group) is 1. The Bertz CT molecular complexity index is 466. The van der Waals surface area contributed by atoms with Crippen LogP contribution in [0.3, 0.4) is 0 Å². The molecule has 10 nitrogen and oxygen atoms in total. The lowest BCUT2D eigenvalue weighted by atomic mass is 9.78. The lowest BCUT2D eigenvalue weighted by Gasteiger charge is -2.48.